The minimum absolute atomic E-state index is 0.0000761. The van der Waals surface area contributed by atoms with E-state index in [9.17, 15) is 17.8 Å². The van der Waals surface area contributed by atoms with Gasteiger partial charge in [0.25, 0.3) is 5.91 Å². The van der Waals surface area contributed by atoms with Gasteiger partial charge in [-0.3, -0.25) is 4.79 Å². The number of benzene rings is 2. The standard InChI is InChI=1S/C23H29F2N3O2S/c1-14(2)18-10-17(24)11-19(16-6-7-16)20(18)12-23(29)27-31(26,30)22-8-5-15(9-21(22)25)13-28(3)4/h5,8-11,14,16H,6-7,12-13H2,1-4H3,(H2,26,27,29,30). The van der Waals surface area contributed by atoms with E-state index < -0.39 is 21.6 Å². The molecule has 2 aromatic rings. The van der Waals surface area contributed by atoms with Gasteiger partial charge in [-0.2, -0.15) is 0 Å². The molecule has 0 heterocycles. The number of carbonyl (C=O) groups excluding carboxylic acids is 1. The molecule has 168 valence electrons. The van der Waals surface area contributed by atoms with Crippen molar-refractivity contribution in [2.75, 3.05) is 14.1 Å². The van der Waals surface area contributed by atoms with Gasteiger partial charge in [0.15, 0.2) is 0 Å². The van der Waals surface area contributed by atoms with Crippen molar-refractivity contribution in [3.8, 4) is 0 Å². The van der Waals surface area contributed by atoms with Crippen LogP contribution in [0.15, 0.2) is 39.6 Å². The van der Waals surface area contributed by atoms with Crippen LogP contribution in [0.2, 0.25) is 0 Å². The first-order valence-corrected chi connectivity index (χ1v) is 11.9. The molecule has 0 bridgehead atoms. The highest BCUT2D eigenvalue weighted by Crippen LogP contribution is 2.44. The number of amides is 1. The predicted molar refractivity (Wildman–Crippen MR) is 118 cm³/mol. The van der Waals surface area contributed by atoms with E-state index in [1.54, 1.807) is 6.07 Å². The van der Waals surface area contributed by atoms with Gasteiger partial charge in [0.1, 0.15) is 21.5 Å². The van der Waals surface area contributed by atoms with E-state index in [4.69, 9.17) is 5.14 Å². The van der Waals surface area contributed by atoms with Crippen molar-refractivity contribution in [3.63, 3.8) is 0 Å². The second-order valence-electron chi connectivity index (χ2n) is 8.72. The van der Waals surface area contributed by atoms with Crippen molar-refractivity contribution in [1.29, 1.82) is 0 Å². The Morgan fingerprint density at radius 1 is 1.23 bits per heavy atom. The summed E-state index contributed by atoms with van der Waals surface area (Å²) in [5.41, 5.74) is 2.93. The fourth-order valence-corrected chi connectivity index (χ4v) is 4.85. The molecular weight excluding hydrogens is 420 g/mol. The van der Waals surface area contributed by atoms with E-state index in [0.29, 0.717) is 17.7 Å². The van der Waals surface area contributed by atoms with Crippen molar-refractivity contribution in [2.24, 2.45) is 9.50 Å². The minimum atomic E-state index is -3.75. The molecule has 1 amide bonds. The molecule has 1 fully saturated rings. The summed E-state index contributed by atoms with van der Waals surface area (Å²) < 4.78 is 45.3. The Morgan fingerprint density at radius 3 is 2.45 bits per heavy atom. The second-order valence-corrected chi connectivity index (χ2v) is 10.5. The van der Waals surface area contributed by atoms with Crippen molar-refractivity contribution < 1.29 is 17.8 Å². The van der Waals surface area contributed by atoms with Crippen molar-refractivity contribution in [3.05, 3.63) is 64.2 Å². The molecule has 0 aromatic heterocycles. The fraction of sp³-hybridized carbons (Fsp3) is 0.435. The van der Waals surface area contributed by atoms with Crippen LogP contribution in [-0.2, 0) is 27.7 Å². The van der Waals surface area contributed by atoms with Crippen molar-refractivity contribution in [2.45, 2.75) is 56.4 Å². The second kappa shape index (κ2) is 9.14. The number of carbonyl (C=O) groups is 1. The van der Waals surface area contributed by atoms with Gasteiger partial charge in [0, 0.05) is 6.54 Å². The van der Waals surface area contributed by atoms with Crippen LogP contribution >= 0.6 is 0 Å². The smallest absolute Gasteiger partial charge is 0.259 e. The van der Waals surface area contributed by atoms with Crippen LogP contribution in [0.5, 0.6) is 0 Å². The molecule has 5 nitrogen and oxygen atoms in total. The zero-order valence-electron chi connectivity index (χ0n) is 18.3. The van der Waals surface area contributed by atoms with E-state index >= 15 is 0 Å². The van der Waals surface area contributed by atoms with Crippen LogP contribution in [0, 0.1) is 11.6 Å². The van der Waals surface area contributed by atoms with E-state index in [1.807, 2.05) is 32.8 Å². The molecule has 8 heteroatoms. The lowest BCUT2D eigenvalue weighted by Crippen LogP contribution is -2.18. The van der Waals surface area contributed by atoms with Gasteiger partial charge in [-0.1, -0.05) is 19.9 Å². The largest absolute Gasteiger partial charge is 0.305 e. The maximum atomic E-state index is 14.6. The van der Waals surface area contributed by atoms with Crippen LogP contribution in [0.25, 0.3) is 0 Å². The molecule has 31 heavy (non-hydrogen) atoms. The van der Waals surface area contributed by atoms with Gasteiger partial charge in [-0.15, -0.1) is 4.36 Å². The van der Waals surface area contributed by atoms with E-state index in [0.717, 1.165) is 24.0 Å². The highest BCUT2D eigenvalue weighted by atomic mass is 32.2. The number of nitrogens with two attached hydrogens (primary N) is 1. The Labute approximate surface area is 183 Å². The summed E-state index contributed by atoms with van der Waals surface area (Å²) in [6.45, 7) is 4.35. The van der Waals surface area contributed by atoms with Gasteiger partial charge in [-0.05, 0) is 85.3 Å². The highest BCUT2D eigenvalue weighted by Gasteiger charge is 2.29. The first-order chi connectivity index (χ1) is 14.5. The lowest BCUT2D eigenvalue weighted by atomic mass is 9.89. The predicted octanol–water partition coefficient (Wildman–Crippen LogP) is 4.50. The van der Waals surface area contributed by atoms with Gasteiger partial charge >= 0.3 is 0 Å². The third-order valence-corrected chi connectivity index (χ3v) is 6.73. The molecule has 0 spiro atoms. The topological polar surface area (TPSA) is 75.8 Å². The Kier molecular flexibility index (Phi) is 6.93. The van der Waals surface area contributed by atoms with Crippen LogP contribution < -0.4 is 5.14 Å². The molecule has 1 atom stereocenters. The molecule has 3 rings (SSSR count). The average Bonchev–Trinajstić information content (AvgIpc) is 3.46. The molecule has 2 aromatic carbocycles. The normalized spacial score (nSPS) is 15.9. The summed E-state index contributed by atoms with van der Waals surface area (Å²) in [6.07, 6.45) is 1.74. The van der Waals surface area contributed by atoms with E-state index in [2.05, 4.69) is 4.36 Å². The Balaban J connectivity index is 1.93. The Morgan fingerprint density at radius 2 is 1.90 bits per heavy atom. The Bertz CT molecular complexity index is 1090. The number of hydrogen-bond donors (Lipinski definition) is 1. The minimum Gasteiger partial charge on any atom is -0.305 e. The van der Waals surface area contributed by atoms with Gasteiger partial charge in [-0.25, -0.2) is 18.1 Å². The van der Waals surface area contributed by atoms with Crippen LogP contribution in [-0.4, -0.2) is 29.1 Å². The van der Waals surface area contributed by atoms with Crippen LogP contribution in [0.3, 0.4) is 0 Å². The summed E-state index contributed by atoms with van der Waals surface area (Å²) in [4.78, 5) is 14.3. The zero-order valence-corrected chi connectivity index (χ0v) is 19.1. The third kappa shape index (κ3) is 5.75. The molecule has 2 N–H and O–H groups in total. The lowest BCUT2D eigenvalue weighted by Gasteiger charge is -2.17. The molecule has 1 aliphatic rings. The number of hydrogen-bond acceptors (Lipinski definition) is 3. The third-order valence-electron chi connectivity index (χ3n) is 5.30. The Hall–Kier alpha value is -2.16. The molecular formula is C23H29F2N3O2S. The van der Waals surface area contributed by atoms with Gasteiger partial charge in [0.2, 0.25) is 0 Å². The van der Waals surface area contributed by atoms with Crippen molar-refractivity contribution in [1.82, 2.24) is 4.90 Å². The molecule has 1 unspecified atom stereocenters. The summed E-state index contributed by atoms with van der Waals surface area (Å²) >= 11 is 0. The fourth-order valence-electron chi connectivity index (χ4n) is 3.79. The van der Waals surface area contributed by atoms with Crippen LogP contribution in [0.1, 0.15) is 60.8 Å². The van der Waals surface area contributed by atoms with Gasteiger partial charge < -0.3 is 4.90 Å². The summed E-state index contributed by atoms with van der Waals surface area (Å²) in [7, 11) is -0.0518. The number of nitrogens with zero attached hydrogens (tertiary/aromatic N) is 2. The summed E-state index contributed by atoms with van der Waals surface area (Å²) in [5.74, 6) is -1.58. The van der Waals surface area contributed by atoms with Crippen LogP contribution in [0.4, 0.5) is 8.78 Å². The number of halogens is 2. The lowest BCUT2D eigenvalue weighted by molar-refractivity contribution is -0.117. The first-order valence-electron chi connectivity index (χ1n) is 10.3. The summed E-state index contributed by atoms with van der Waals surface area (Å²) in [6, 6.07) is 7.09. The van der Waals surface area contributed by atoms with Gasteiger partial charge in [0.05, 0.1) is 11.3 Å². The number of rotatable bonds is 7. The maximum absolute atomic E-state index is 14.6. The monoisotopic (exact) mass is 449 g/mol. The SMILES string of the molecule is CC(C)c1cc(F)cc(C2CC2)c1CC(=O)N=S(N)(=O)c1ccc(CN(C)C)cc1F. The van der Waals surface area contributed by atoms with E-state index in [-0.39, 0.29) is 29.0 Å². The van der Waals surface area contributed by atoms with Crippen molar-refractivity contribution >= 4 is 15.8 Å². The first kappa shape index (κ1) is 23.5. The molecule has 1 aliphatic carbocycles. The highest BCUT2D eigenvalue weighted by molar-refractivity contribution is 7.91. The molecule has 0 radical (unpaired) electrons. The van der Waals surface area contributed by atoms with E-state index in [1.165, 1.54) is 24.3 Å². The summed E-state index contributed by atoms with van der Waals surface area (Å²) in [5, 5.41) is 5.81. The maximum Gasteiger partial charge on any atom is 0.259 e. The zero-order chi connectivity index (χ0) is 22.9. The average molecular weight is 450 g/mol. The molecule has 1 saturated carbocycles. The molecule has 0 saturated heterocycles. The molecule has 0 aliphatic heterocycles. The quantitative estimate of drug-likeness (QED) is 0.676.